The molecule has 0 atom stereocenters. The van der Waals surface area contributed by atoms with Crippen LogP contribution in [0.4, 0.5) is 0 Å². The maximum atomic E-state index is 11.5. The molecule has 0 bridgehead atoms. The lowest BCUT2D eigenvalue weighted by Crippen LogP contribution is -2.35. The summed E-state index contributed by atoms with van der Waals surface area (Å²) < 4.78 is 1.01. The third-order valence-corrected chi connectivity index (χ3v) is 3.54. The zero-order valence-corrected chi connectivity index (χ0v) is 10.1. The molecule has 1 aromatic rings. The van der Waals surface area contributed by atoms with Crippen molar-refractivity contribution >= 4 is 33.2 Å². The number of halogens is 1. The van der Waals surface area contributed by atoms with E-state index < -0.39 is 0 Å². The number of rotatable bonds is 2. The number of carbonyl (C=O) groups excluding carboxylic acids is 1. The normalized spacial score (nSPS) is 10.5. The molecule has 0 saturated heterocycles. The van der Waals surface area contributed by atoms with Crippen LogP contribution in [0.1, 0.15) is 15.2 Å². The van der Waals surface area contributed by atoms with Crippen molar-refractivity contribution in [3.8, 4) is 0 Å². The molecule has 72 valence electrons. The second-order valence-corrected chi connectivity index (χ2v) is 5.27. The highest BCUT2D eigenvalue weighted by molar-refractivity contribution is 9.11. The van der Waals surface area contributed by atoms with E-state index in [4.69, 9.17) is 0 Å². The molecule has 0 aromatic carbocycles. The van der Waals surface area contributed by atoms with Crippen LogP contribution in [0.2, 0.25) is 0 Å². The molecule has 1 aromatic heterocycles. The van der Waals surface area contributed by atoms with Gasteiger partial charge in [-0.15, -0.1) is 11.3 Å². The lowest BCUT2D eigenvalue weighted by Gasteiger charge is -2.09. The molecule has 1 N–H and O–H groups in total. The van der Waals surface area contributed by atoms with Crippen molar-refractivity contribution in [1.29, 1.82) is 0 Å². The number of hydrogen-bond acceptors (Lipinski definition) is 3. The van der Waals surface area contributed by atoms with E-state index in [1.54, 1.807) is 19.1 Å². The van der Waals surface area contributed by atoms with Gasteiger partial charge in [-0.1, -0.05) is 0 Å². The van der Waals surface area contributed by atoms with Crippen molar-refractivity contribution < 1.29 is 4.79 Å². The first-order valence-corrected chi connectivity index (χ1v) is 5.36. The molecule has 0 fully saturated rings. The quantitative estimate of drug-likeness (QED) is 0.828. The van der Waals surface area contributed by atoms with E-state index >= 15 is 0 Å². The highest BCUT2D eigenvalue weighted by Gasteiger charge is 2.10. The molecule has 13 heavy (non-hydrogen) atoms. The smallest absolute Gasteiger partial charge is 0.275 e. The van der Waals surface area contributed by atoms with Gasteiger partial charge in [0.15, 0.2) is 0 Å². The van der Waals surface area contributed by atoms with Crippen LogP contribution in [0.3, 0.4) is 0 Å². The lowest BCUT2D eigenvalue weighted by molar-refractivity contribution is 0.0861. The van der Waals surface area contributed by atoms with Gasteiger partial charge in [-0.2, -0.15) is 0 Å². The lowest BCUT2D eigenvalue weighted by atomic mass is 10.3. The van der Waals surface area contributed by atoms with E-state index in [0.717, 1.165) is 14.2 Å². The predicted molar refractivity (Wildman–Crippen MR) is 57.9 cm³/mol. The Labute approximate surface area is 89.8 Å². The first-order valence-electron chi connectivity index (χ1n) is 3.75. The molecule has 5 heteroatoms. The van der Waals surface area contributed by atoms with E-state index in [1.807, 2.05) is 13.0 Å². The van der Waals surface area contributed by atoms with E-state index in [-0.39, 0.29) is 5.91 Å². The van der Waals surface area contributed by atoms with Crippen LogP contribution in [-0.2, 0) is 0 Å². The minimum Gasteiger partial charge on any atom is -0.285 e. The Balaban J connectivity index is 2.77. The maximum absolute atomic E-state index is 11.5. The molecule has 3 nitrogen and oxygen atoms in total. The third kappa shape index (κ3) is 2.79. The van der Waals surface area contributed by atoms with Gasteiger partial charge in [-0.3, -0.25) is 10.2 Å². The van der Waals surface area contributed by atoms with Crippen LogP contribution in [-0.4, -0.2) is 25.0 Å². The minimum absolute atomic E-state index is 0.0659. The Morgan fingerprint density at radius 3 is 2.62 bits per heavy atom. The summed E-state index contributed by atoms with van der Waals surface area (Å²) in [6, 6.07) is 1.87. The number of nitrogens with zero attached hydrogens (tertiary/aromatic N) is 1. The summed E-state index contributed by atoms with van der Waals surface area (Å²) in [6.07, 6.45) is 0. The van der Waals surface area contributed by atoms with Crippen LogP contribution in [0.15, 0.2) is 9.85 Å². The Morgan fingerprint density at radius 1 is 1.62 bits per heavy atom. The van der Waals surface area contributed by atoms with Crippen LogP contribution < -0.4 is 5.43 Å². The van der Waals surface area contributed by atoms with Gasteiger partial charge in [0, 0.05) is 14.1 Å². The van der Waals surface area contributed by atoms with Crippen LogP contribution in [0.5, 0.6) is 0 Å². The molecule has 0 aliphatic carbocycles. The second-order valence-electron chi connectivity index (χ2n) is 2.90. The molecule has 0 aliphatic rings. The van der Waals surface area contributed by atoms with Crippen LogP contribution in [0, 0.1) is 6.92 Å². The average Bonchev–Trinajstić information content (AvgIpc) is 2.31. The fraction of sp³-hybridized carbons (Fsp3) is 0.375. The highest BCUT2D eigenvalue weighted by atomic mass is 79.9. The number of carbonyl (C=O) groups is 1. The van der Waals surface area contributed by atoms with Gasteiger partial charge in [0.05, 0.1) is 8.66 Å². The van der Waals surface area contributed by atoms with E-state index in [0.29, 0.717) is 0 Å². The minimum atomic E-state index is -0.0659. The monoisotopic (exact) mass is 262 g/mol. The zero-order chi connectivity index (χ0) is 10.0. The summed E-state index contributed by atoms with van der Waals surface area (Å²) in [6.45, 7) is 1.97. The first kappa shape index (κ1) is 10.7. The van der Waals surface area contributed by atoms with Gasteiger partial charge >= 0.3 is 0 Å². The summed E-state index contributed by atoms with van der Waals surface area (Å²) in [5, 5.41) is 1.63. The summed E-state index contributed by atoms with van der Waals surface area (Å²) in [4.78, 5) is 12.2. The highest BCUT2D eigenvalue weighted by Crippen LogP contribution is 2.27. The molecule has 0 saturated carbocycles. The van der Waals surface area contributed by atoms with Crippen molar-refractivity contribution in [3.63, 3.8) is 0 Å². The molecular weight excluding hydrogens is 252 g/mol. The largest absolute Gasteiger partial charge is 0.285 e. The van der Waals surface area contributed by atoms with Crippen molar-refractivity contribution in [2.45, 2.75) is 6.92 Å². The van der Waals surface area contributed by atoms with Crippen molar-refractivity contribution in [2.24, 2.45) is 0 Å². The maximum Gasteiger partial charge on any atom is 0.275 e. The van der Waals surface area contributed by atoms with Gasteiger partial charge in [0.2, 0.25) is 0 Å². The number of thiophene rings is 1. The summed E-state index contributed by atoms with van der Waals surface area (Å²) in [5.74, 6) is -0.0659. The zero-order valence-electron chi connectivity index (χ0n) is 7.72. The van der Waals surface area contributed by atoms with Gasteiger partial charge in [-0.05, 0) is 34.5 Å². The van der Waals surface area contributed by atoms with Crippen LogP contribution >= 0.6 is 27.3 Å². The third-order valence-electron chi connectivity index (χ3n) is 1.41. The second kappa shape index (κ2) is 4.21. The molecule has 0 radical (unpaired) electrons. The number of hydrogen-bond donors (Lipinski definition) is 1. The van der Waals surface area contributed by atoms with Crippen LogP contribution in [0.25, 0.3) is 0 Å². The molecule has 0 unspecified atom stereocenters. The standard InChI is InChI=1S/C8H11BrN2OS/c1-5-4-6(13-7(5)9)8(12)10-11(2)3/h4H,1-3H3,(H,10,12). The van der Waals surface area contributed by atoms with E-state index in [9.17, 15) is 4.79 Å². The van der Waals surface area contributed by atoms with Crippen molar-refractivity contribution in [1.82, 2.24) is 10.4 Å². The Hall–Kier alpha value is -0.390. The predicted octanol–water partition coefficient (Wildman–Crippen LogP) is 2.03. The van der Waals surface area contributed by atoms with Gasteiger partial charge in [-0.25, -0.2) is 5.01 Å². The Morgan fingerprint density at radius 2 is 2.23 bits per heavy atom. The number of aryl methyl sites for hydroxylation is 1. The molecule has 1 amide bonds. The molecular formula is C8H11BrN2OS. The van der Waals surface area contributed by atoms with Gasteiger partial charge in [0.25, 0.3) is 5.91 Å². The van der Waals surface area contributed by atoms with Gasteiger partial charge < -0.3 is 0 Å². The van der Waals surface area contributed by atoms with Gasteiger partial charge in [0.1, 0.15) is 0 Å². The number of amides is 1. The average molecular weight is 263 g/mol. The first-order chi connectivity index (χ1) is 6.00. The van der Waals surface area contributed by atoms with E-state index in [2.05, 4.69) is 21.4 Å². The SMILES string of the molecule is Cc1cc(C(=O)NN(C)C)sc1Br. The Kier molecular flexibility index (Phi) is 3.47. The summed E-state index contributed by atoms with van der Waals surface area (Å²) in [7, 11) is 3.57. The van der Waals surface area contributed by atoms with Crippen molar-refractivity contribution in [2.75, 3.05) is 14.1 Å². The Bertz CT molecular complexity index is 302. The molecule has 1 heterocycles. The fourth-order valence-corrected chi connectivity index (χ4v) is 2.25. The number of hydrazine groups is 1. The summed E-state index contributed by atoms with van der Waals surface area (Å²) in [5.41, 5.74) is 3.78. The fourth-order valence-electron chi connectivity index (χ4n) is 0.830. The van der Waals surface area contributed by atoms with Crippen molar-refractivity contribution in [3.05, 3.63) is 20.3 Å². The summed E-state index contributed by atoms with van der Waals surface area (Å²) >= 11 is 4.82. The topological polar surface area (TPSA) is 32.3 Å². The molecule has 0 aliphatic heterocycles. The molecule has 1 rings (SSSR count). The number of nitrogens with one attached hydrogen (secondary N) is 1. The molecule has 0 spiro atoms. The van der Waals surface area contributed by atoms with E-state index in [1.165, 1.54) is 11.3 Å².